The van der Waals surface area contributed by atoms with Gasteiger partial charge >= 0.3 is 6.01 Å². The Morgan fingerprint density at radius 2 is 1.89 bits per heavy atom. The Morgan fingerprint density at radius 3 is 2.60 bits per heavy atom. The number of carbonyl (C=O) groups excluding carboxylic acids is 1. The topological polar surface area (TPSA) is 78.1 Å². The number of aryl methyl sites for hydroxylation is 1. The average Bonchev–Trinajstić information content (AvgIpc) is 3.51. The molecule has 1 atom stereocenters. The minimum atomic E-state index is 0.221. The van der Waals surface area contributed by atoms with E-state index < -0.39 is 0 Å². The Balaban J connectivity index is 1.16. The zero-order valence-electron chi connectivity index (χ0n) is 20.6. The number of piperazine rings is 1. The van der Waals surface area contributed by atoms with Gasteiger partial charge in [-0.15, -0.1) is 0 Å². The van der Waals surface area contributed by atoms with Gasteiger partial charge in [0.1, 0.15) is 0 Å². The second-order valence-electron chi connectivity index (χ2n) is 9.44. The minimum Gasteiger partial charge on any atom is -0.322 e. The van der Waals surface area contributed by atoms with Gasteiger partial charge in [-0.05, 0) is 49.1 Å². The quantitative estimate of drug-likeness (QED) is 0.510. The summed E-state index contributed by atoms with van der Waals surface area (Å²) in [6, 6.07) is 16.7. The fraction of sp³-hybridized carbons (Fsp3) is 0.407. The summed E-state index contributed by atoms with van der Waals surface area (Å²) >= 11 is 0. The van der Waals surface area contributed by atoms with E-state index >= 15 is 0 Å². The number of hydrogen-bond acceptors (Lipinski definition) is 7. The van der Waals surface area contributed by atoms with Crippen LogP contribution in [0, 0.1) is 12.8 Å². The van der Waals surface area contributed by atoms with Crippen molar-refractivity contribution in [3.63, 3.8) is 0 Å². The molecule has 8 nitrogen and oxygen atoms in total. The Kier molecular flexibility index (Phi) is 6.63. The van der Waals surface area contributed by atoms with Crippen LogP contribution in [0.2, 0.25) is 0 Å². The van der Waals surface area contributed by atoms with Gasteiger partial charge in [0.05, 0.1) is 0 Å². The smallest absolute Gasteiger partial charge is 0.322 e. The van der Waals surface area contributed by atoms with Gasteiger partial charge in [-0.2, -0.15) is 4.98 Å². The van der Waals surface area contributed by atoms with Crippen molar-refractivity contribution in [2.45, 2.75) is 20.3 Å². The molecule has 0 radical (unpaired) electrons. The molecule has 2 saturated heterocycles. The molecule has 3 aromatic rings. The van der Waals surface area contributed by atoms with Crippen molar-refractivity contribution in [3.8, 4) is 11.4 Å². The van der Waals surface area contributed by atoms with Gasteiger partial charge in [-0.3, -0.25) is 14.7 Å². The number of aromatic nitrogens is 2. The number of nitrogens with zero attached hydrogens (tertiary/aromatic N) is 6. The van der Waals surface area contributed by atoms with Crippen LogP contribution in [0.3, 0.4) is 0 Å². The van der Waals surface area contributed by atoms with E-state index in [-0.39, 0.29) is 5.91 Å². The molecule has 1 aromatic heterocycles. The molecule has 0 spiro atoms. The lowest BCUT2D eigenvalue weighted by atomic mass is 10.0. The van der Waals surface area contributed by atoms with E-state index in [1.54, 1.807) is 7.05 Å². The third kappa shape index (κ3) is 4.98. The Bertz CT molecular complexity index is 1210. The van der Waals surface area contributed by atoms with Gasteiger partial charge in [-0.1, -0.05) is 35.5 Å². The van der Waals surface area contributed by atoms with E-state index in [9.17, 15) is 4.79 Å². The molecule has 35 heavy (non-hydrogen) atoms. The third-order valence-electron chi connectivity index (χ3n) is 7.06. The van der Waals surface area contributed by atoms with E-state index in [4.69, 9.17) is 4.52 Å². The number of amides is 1. The summed E-state index contributed by atoms with van der Waals surface area (Å²) in [7, 11) is 1.81. The van der Waals surface area contributed by atoms with Crippen molar-refractivity contribution in [3.05, 3.63) is 59.7 Å². The number of carbonyl (C=O) groups is 1. The number of para-hydroxylation sites is 1. The predicted molar refractivity (Wildman–Crippen MR) is 138 cm³/mol. The minimum absolute atomic E-state index is 0.221. The summed E-state index contributed by atoms with van der Waals surface area (Å²) in [6.45, 7) is 9.29. The molecule has 8 heteroatoms. The maximum atomic E-state index is 12.5. The highest BCUT2D eigenvalue weighted by Crippen LogP contribution is 2.27. The van der Waals surface area contributed by atoms with Crippen molar-refractivity contribution < 1.29 is 9.32 Å². The first kappa shape index (κ1) is 23.2. The summed E-state index contributed by atoms with van der Waals surface area (Å²) in [6.07, 6.45) is 0.615. The second kappa shape index (κ2) is 10.00. The highest BCUT2D eigenvalue weighted by Gasteiger charge is 2.32. The van der Waals surface area contributed by atoms with Gasteiger partial charge in [0.2, 0.25) is 11.7 Å². The molecular formula is C27H32N6O2. The number of benzene rings is 2. The first-order chi connectivity index (χ1) is 17.0. The van der Waals surface area contributed by atoms with Gasteiger partial charge in [0.25, 0.3) is 0 Å². The molecule has 2 fully saturated rings. The van der Waals surface area contributed by atoms with Gasteiger partial charge in [-0.25, -0.2) is 0 Å². The first-order valence-electron chi connectivity index (χ1n) is 12.2. The largest absolute Gasteiger partial charge is 0.324 e. The second-order valence-corrected chi connectivity index (χ2v) is 9.44. The highest BCUT2D eigenvalue weighted by molar-refractivity contribution is 6.00. The summed E-state index contributed by atoms with van der Waals surface area (Å²) in [5.41, 5.74) is 5.22. The molecular weight excluding hydrogens is 440 g/mol. The summed E-state index contributed by atoms with van der Waals surface area (Å²) in [5, 5.41) is 4.23. The van der Waals surface area contributed by atoms with E-state index in [1.807, 2.05) is 48.2 Å². The van der Waals surface area contributed by atoms with E-state index in [0.29, 0.717) is 24.2 Å². The van der Waals surface area contributed by atoms with Crippen molar-refractivity contribution in [1.29, 1.82) is 0 Å². The van der Waals surface area contributed by atoms with Crippen molar-refractivity contribution in [2.24, 2.45) is 10.9 Å². The molecule has 0 aliphatic carbocycles. The molecule has 2 aliphatic heterocycles. The molecule has 0 bridgehead atoms. The SMILES string of the molecule is CN=C(C)c1ccc(-c2noc(N3CCN(CC4CC(=O)N(c5ccccc5)C4)CC3)n2)cc1C. The molecule has 5 rings (SSSR count). The van der Waals surface area contributed by atoms with Crippen LogP contribution in [0.4, 0.5) is 11.7 Å². The predicted octanol–water partition coefficient (Wildman–Crippen LogP) is 3.66. The van der Waals surface area contributed by atoms with Crippen LogP contribution >= 0.6 is 0 Å². The van der Waals surface area contributed by atoms with Crippen LogP contribution in [-0.4, -0.2) is 73.0 Å². The number of anilines is 2. The lowest BCUT2D eigenvalue weighted by Gasteiger charge is -2.34. The summed E-state index contributed by atoms with van der Waals surface area (Å²) < 4.78 is 5.61. The average molecular weight is 473 g/mol. The van der Waals surface area contributed by atoms with E-state index in [1.165, 1.54) is 0 Å². The van der Waals surface area contributed by atoms with Crippen LogP contribution in [0.5, 0.6) is 0 Å². The van der Waals surface area contributed by atoms with Gasteiger partial charge in [0.15, 0.2) is 0 Å². The number of hydrogen-bond donors (Lipinski definition) is 0. The Hall–Kier alpha value is -3.52. The monoisotopic (exact) mass is 472 g/mol. The van der Waals surface area contributed by atoms with E-state index in [0.717, 1.165) is 67.4 Å². The zero-order chi connectivity index (χ0) is 24.4. The Labute approximate surface area is 206 Å². The number of aliphatic imine (C=N–C) groups is 1. The molecule has 2 aromatic carbocycles. The highest BCUT2D eigenvalue weighted by atomic mass is 16.5. The first-order valence-corrected chi connectivity index (χ1v) is 12.2. The molecule has 1 unspecified atom stereocenters. The molecule has 3 heterocycles. The molecule has 0 saturated carbocycles. The molecule has 0 N–H and O–H groups in total. The van der Waals surface area contributed by atoms with Gasteiger partial charge < -0.3 is 14.3 Å². The molecule has 1 amide bonds. The summed E-state index contributed by atoms with van der Waals surface area (Å²) in [5.74, 6) is 1.18. The fourth-order valence-corrected chi connectivity index (χ4v) is 5.04. The van der Waals surface area contributed by atoms with Gasteiger partial charge in [0, 0.05) is 69.7 Å². The Morgan fingerprint density at radius 1 is 1.11 bits per heavy atom. The normalized spacial score (nSPS) is 19.6. The molecule has 182 valence electrons. The maximum Gasteiger partial charge on any atom is 0.324 e. The van der Waals surface area contributed by atoms with Crippen LogP contribution in [0.15, 0.2) is 58.0 Å². The zero-order valence-corrected chi connectivity index (χ0v) is 20.6. The maximum absolute atomic E-state index is 12.5. The molecule has 2 aliphatic rings. The van der Waals surface area contributed by atoms with Crippen molar-refractivity contribution in [1.82, 2.24) is 15.0 Å². The van der Waals surface area contributed by atoms with Crippen LogP contribution in [0.1, 0.15) is 24.5 Å². The van der Waals surface area contributed by atoms with Crippen LogP contribution < -0.4 is 9.80 Å². The number of rotatable bonds is 6. The fourth-order valence-electron chi connectivity index (χ4n) is 5.04. The lowest BCUT2D eigenvalue weighted by molar-refractivity contribution is -0.117. The summed E-state index contributed by atoms with van der Waals surface area (Å²) in [4.78, 5) is 28.0. The lowest BCUT2D eigenvalue weighted by Crippen LogP contribution is -2.48. The van der Waals surface area contributed by atoms with Crippen molar-refractivity contribution >= 4 is 23.3 Å². The van der Waals surface area contributed by atoms with Crippen molar-refractivity contribution in [2.75, 3.05) is 56.1 Å². The standard InChI is InChI=1S/C27H32N6O2/c1-19-15-22(9-10-24(19)20(2)28-3)26-29-27(35-30-26)32-13-11-31(12-14-32)17-21-16-25(34)33(18-21)23-7-5-4-6-8-23/h4-10,15,21H,11-14,16-18H2,1-3H3. The van der Waals surface area contributed by atoms with Crippen LogP contribution in [-0.2, 0) is 4.79 Å². The van der Waals surface area contributed by atoms with E-state index in [2.05, 4.69) is 44.0 Å². The third-order valence-corrected chi connectivity index (χ3v) is 7.06. The van der Waals surface area contributed by atoms with Crippen LogP contribution in [0.25, 0.3) is 11.4 Å².